The summed E-state index contributed by atoms with van der Waals surface area (Å²) in [4.78, 5) is 31.9. The van der Waals surface area contributed by atoms with Gasteiger partial charge in [0.15, 0.2) is 5.60 Å². The summed E-state index contributed by atoms with van der Waals surface area (Å²) in [6, 6.07) is 14.4. The summed E-state index contributed by atoms with van der Waals surface area (Å²) in [6.07, 6.45) is 9.05. The van der Waals surface area contributed by atoms with E-state index in [0.29, 0.717) is 38.9 Å². The highest BCUT2D eigenvalue weighted by molar-refractivity contribution is 6.91. The van der Waals surface area contributed by atoms with Crippen LogP contribution in [0.15, 0.2) is 61.3 Å². The number of nitrogens with zero attached hydrogens (tertiary/aromatic N) is 5. The standard InChI is InChI=1S/C37H49N5O5Si/c1-6-20-42-32-17-12-28(41-21-10-8-7-9-11-34(41)44)24-31(32)37(36(42)45)26(2)35(48(4,5)30-15-13-29(46-3)14-16-30)33(47-37)18-22-40-25-27(19-23-43)38-39-40/h6,12-17,24-26,33,35,43H,1,7-11,18-23H2,2-5H3/t26-,33+,35-,37+/m1/s1. The van der Waals surface area contributed by atoms with Gasteiger partial charge >= 0.3 is 0 Å². The van der Waals surface area contributed by atoms with Gasteiger partial charge < -0.3 is 24.4 Å². The topological polar surface area (TPSA) is 110 Å². The molecule has 2 amide bonds. The number of carbonyl (C=O) groups excluding carboxylic acids is 2. The third-order valence-corrected chi connectivity index (χ3v) is 15.2. The molecule has 6 rings (SSSR count). The van der Waals surface area contributed by atoms with Gasteiger partial charge in [0.25, 0.3) is 5.91 Å². The van der Waals surface area contributed by atoms with E-state index in [1.807, 2.05) is 40.0 Å². The minimum atomic E-state index is -2.32. The van der Waals surface area contributed by atoms with Crippen LogP contribution in [0.3, 0.4) is 0 Å². The van der Waals surface area contributed by atoms with E-state index in [1.54, 1.807) is 18.1 Å². The minimum absolute atomic E-state index is 0.0158. The lowest BCUT2D eigenvalue weighted by molar-refractivity contribution is -0.145. The summed E-state index contributed by atoms with van der Waals surface area (Å²) in [7, 11) is -0.648. The summed E-state index contributed by atoms with van der Waals surface area (Å²) in [5.41, 5.74) is 2.09. The van der Waals surface area contributed by atoms with Gasteiger partial charge in [-0.2, -0.15) is 0 Å². The van der Waals surface area contributed by atoms with Crippen LogP contribution in [0.5, 0.6) is 5.75 Å². The molecular weight excluding hydrogens is 623 g/mol. The maximum Gasteiger partial charge on any atom is 0.264 e. The monoisotopic (exact) mass is 671 g/mol. The first kappa shape index (κ1) is 34.1. The number of ether oxygens (including phenoxy) is 2. The van der Waals surface area contributed by atoms with Crippen LogP contribution < -0.4 is 19.7 Å². The molecule has 3 aliphatic heterocycles. The SMILES string of the molecule is C=CCN1C(=O)[C@@]2(O[C@@H](CCn3cc(CCO)nn3)[C@H]([Si](C)(C)c3ccc(OC)cc3)[C@H]2C)c2cc(N3CCCCCCC3=O)ccc21. The zero-order valence-electron chi connectivity index (χ0n) is 28.7. The first-order chi connectivity index (χ1) is 23.1. The number of hydrogen-bond donors (Lipinski definition) is 1. The average Bonchev–Trinajstić information content (AvgIpc) is 3.72. The number of methoxy groups -OCH3 is 1. The van der Waals surface area contributed by atoms with Crippen LogP contribution in [0.2, 0.25) is 18.6 Å². The van der Waals surface area contributed by atoms with Crippen LogP contribution >= 0.6 is 0 Å². The summed E-state index contributed by atoms with van der Waals surface area (Å²) >= 11 is 0. The molecule has 1 aromatic heterocycles. The summed E-state index contributed by atoms with van der Waals surface area (Å²) < 4.78 is 14.6. The van der Waals surface area contributed by atoms with Crippen LogP contribution in [0.25, 0.3) is 0 Å². The van der Waals surface area contributed by atoms with Crippen LogP contribution in [0.4, 0.5) is 11.4 Å². The highest BCUT2D eigenvalue weighted by Crippen LogP contribution is 2.60. The fraction of sp³-hybridized carbons (Fsp3) is 0.514. The molecule has 2 saturated heterocycles. The van der Waals surface area contributed by atoms with Crippen molar-refractivity contribution in [2.75, 3.05) is 36.6 Å². The Morgan fingerprint density at radius 3 is 2.62 bits per heavy atom. The molecule has 0 unspecified atom stereocenters. The second-order valence-electron chi connectivity index (χ2n) is 14.0. The predicted octanol–water partition coefficient (Wildman–Crippen LogP) is 4.96. The number of anilines is 2. The molecule has 10 nitrogen and oxygen atoms in total. The number of aromatic nitrogens is 3. The smallest absolute Gasteiger partial charge is 0.264 e. The van der Waals surface area contributed by atoms with Gasteiger partial charge in [0, 0.05) is 62.4 Å². The fourth-order valence-electron chi connectivity index (χ4n) is 8.42. The van der Waals surface area contributed by atoms with Crippen LogP contribution in [0.1, 0.15) is 56.7 Å². The normalized spacial score (nSPS) is 24.6. The molecule has 2 aromatic carbocycles. The largest absolute Gasteiger partial charge is 0.497 e. The molecule has 11 heteroatoms. The van der Waals surface area contributed by atoms with Crippen molar-refractivity contribution in [2.24, 2.45) is 5.92 Å². The van der Waals surface area contributed by atoms with Gasteiger partial charge in [0.2, 0.25) is 5.91 Å². The van der Waals surface area contributed by atoms with Crippen molar-refractivity contribution in [3.05, 3.63) is 72.6 Å². The molecular formula is C37H49N5O5Si. The molecule has 0 bridgehead atoms. The molecule has 4 heterocycles. The van der Waals surface area contributed by atoms with Gasteiger partial charge in [-0.15, -0.1) is 11.7 Å². The van der Waals surface area contributed by atoms with Crippen LogP contribution in [0, 0.1) is 5.92 Å². The van der Waals surface area contributed by atoms with Crippen molar-refractivity contribution in [1.29, 1.82) is 0 Å². The maximum atomic E-state index is 14.8. The van der Waals surface area contributed by atoms with E-state index >= 15 is 0 Å². The zero-order valence-corrected chi connectivity index (χ0v) is 29.7. The summed E-state index contributed by atoms with van der Waals surface area (Å²) in [5, 5.41) is 19.2. The number of fused-ring (bicyclic) bond motifs is 2. The van der Waals surface area contributed by atoms with E-state index in [9.17, 15) is 14.7 Å². The van der Waals surface area contributed by atoms with Crippen LogP contribution in [-0.4, -0.2) is 72.9 Å². The number of aliphatic hydroxyl groups excluding tert-OH is 1. The Bertz CT molecular complexity index is 1640. The molecule has 0 aliphatic carbocycles. The molecule has 1 N–H and O–H groups in total. The van der Waals surface area contributed by atoms with E-state index in [2.05, 4.69) is 55.1 Å². The molecule has 0 radical (unpaired) electrons. The molecule has 3 aromatic rings. The van der Waals surface area contributed by atoms with Gasteiger partial charge in [-0.3, -0.25) is 14.3 Å². The molecule has 4 atom stereocenters. The van der Waals surface area contributed by atoms with Crippen LogP contribution in [-0.2, 0) is 32.9 Å². The number of amides is 2. The lowest BCUT2D eigenvalue weighted by Gasteiger charge is -2.37. The van der Waals surface area contributed by atoms with Crippen molar-refractivity contribution in [3.63, 3.8) is 0 Å². The van der Waals surface area contributed by atoms with Gasteiger partial charge in [-0.1, -0.05) is 61.5 Å². The van der Waals surface area contributed by atoms with E-state index in [0.717, 1.165) is 54.1 Å². The van der Waals surface area contributed by atoms with E-state index in [4.69, 9.17) is 9.47 Å². The van der Waals surface area contributed by atoms with Gasteiger partial charge in [0.1, 0.15) is 5.75 Å². The average molecular weight is 672 g/mol. The lowest BCUT2D eigenvalue weighted by atomic mass is 9.82. The lowest BCUT2D eigenvalue weighted by Crippen LogP contribution is -2.52. The molecule has 0 saturated carbocycles. The molecule has 256 valence electrons. The first-order valence-electron chi connectivity index (χ1n) is 17.4. The Labute approximate surface area is 284 Å². The zero-order chi connectivity index (χ0) is 34.1. The minimum Gasteiger partial charge on any atom is -0.497 e. The number of rotatable bonds is 11. The van der Waals surface area contributed by atoms with Crippen molar-refractivity contribution in [2.45, 2.75) is 88.8 Å². The third-order valence-electron chi connectivity index (χ3n) is 10.9. The predicted molar refractivity (Wildman–Crippen MR) is 189 cm³/mol. The van der Waals surface area contributed by atoms with E-state index in [1.165, 1.54) is 5.19 Å². The fourth-order valence-corrected chi connectivity index (χ4v) is 12.5. The van der Waals surface area contributed by atoms with Crippen molar-refractivity contribution >= 4 is 36.4 Å². The number of benzene rings is 2. The second-order valence-corrected chi connectivity index (χ2v) is 18.7. The Kier molecular flexibility index (Phi) is 9.92. The number of carbonyl (C=O) groups is 2. The Hall–Kier alpha value is -3.80. The molecule has 48 heavy (non-hydrogen) atoms. The molecule has 1 spiro atoms. The molecule has 2 fully saturated rings. The molecule has 3 aliphatic rings. The summed E-state index contributed by atoms with van der Waals surface area (Å²) in [5.74, 6) is 0.711. The summed E-state index contributed by atoms with van der Waals surface area (Å²) in [6.45, 7) is 12.5. The Morgan fingerprint density at radius 2 is 1.90 bits per heavy atom. The number of aliphatic hydroxyl groups is 1. The van der Waals surface area contributed by atoms with Crippen molar-refractivity contribution in [1.82, 2.24) is 15.0 Å². The number of hydrogen-bond acceptors (Lipinski definition) is 7. The van der Waals surface area contributed by atoms with Crippen molar-refractivity contribution in [3.8, 4) is 5.75 Å². The highest BCUT2D eigenvalue weighted by Gasteiger charge is 2.66. The van der Waals surface area contributed by atoms with E-state index in [-0.39, 0.29) is 36.0 Å². The van der Waals surface area contributed by atoms with E-state index < -0.39 is 13.7 Å². The first-order valence-corrected chi connectivity index (χ1v) is 20.4. The highest BCUT2D eigenvalue weighted by atomic mass is 28.3. The van der Waals surface area contributed by atoms with Gasteiger partial charge in [-0.05, 0) is 55.1 Å². The van der Waals surface area contributed by atoms with Crippen molar-refractivity contribution < 1.29 is 24.2 Å². The van der Waals surface area contributed by atoms with Gasteiger partial charge in [-0.25, -0.2) is 0 Å². The number of aryl methyl sites for hydroxylation is 1. The van der Waals surface area contributed by atoms with Gasteiger partial charge in [0.05, 0.1) is 32.7 Å². The maximum absolute atomic E-state index is 14.8. The Morgan fingerprint density at radius 1 is 1.12 bits per heavy atom. The third kappa shape index (κ3) is 6.01. The Balaban J connectivity index is 1.44. The second kappa shape index (κ2) is 14.0. The quantitative estimate of drug-likeness (QED) is 0.227.